The lowest BCUT2D eigenvalue weighted by Gasteiger charge is -2.24. The van der Waals surface area contributed by atoms with Gasteiger partial charge >= 0.3 is 7.82 Å². The molecular formula is C29H42N5O10P. The van der Waals surface area contributed by atoms with Gasteiger partial charge in [0.25, 0.3) is 6.47 Å². The number of para-hydroxylation sites is 1. The highest BCUT2D eigenvalue weighted by molar-refractivity contribution is 7.48. The van der Waals surface area contributed by atoms with E-state index in [2.05, 4.69) is 37.6 Å². The smallest absolute Gasteiger partial charge is 0.468 e. The van der Waals surface area contributed by atoms with Crippen LogP contribution in [0.2, 0.25) is 0 Å². The van der Waals surface area contributed by atoms with Gasteiger partial charge in [-0.25, -0.2) is 4.57 Å². The molecule has 16 heteroatoms. The molecule has 2 unspecified atom stereocenters. The summed E-state index contributed by atoms with van der Waals surface area (Å²) in [5.74, 6) is -1.59. The van der Waals surface area contributed by atoms with Crippen molar-refractivity contribution in [2.24, 2.45) is 5.92 Å². The summed E-state index contributed by atoms with van der Waals surface area (Å²) >= 11 is 0. The molecule has 0 spiro atoms. The monoisotopic (exact) mass is 651 g/mol. The molecule has 0 saturated carbocycles. The van der Waals surface area contributed by atoms with Gasteiger partial charge < -0.3 is 31.0 Å². The molecule has 2 aromatic rings. The van der Waals surface area contributed by atoms with Gasteiger partial charge in [-0.1, -0.05) is 44.5 Å². The minimum absolute atomic E-state index is 0.0844. The van der Waals surface area contributed by atoms with E-state index >= 15 is 0 Å². The third kappa shape index (κ3) is 12.8. The second-order valence-corrected chi connectivity index (χ2v) is 11.5. The van der Waals surface area contributed by atoms with Crippen molar-refractivity contribution in [3.05, 3.63) is 48.7 Å². The van der Waals surface area contributed by atoms with E-state index in [9.17, 15) is 28.5 Å². The second-order valence-electron chi connectivity index (χ2n) is 9.87. The molecule has 4 amide bonds. The number of amides is 4. The fraction of sp³-hybridized carbons (Fsp3) is 0.483. The predicted octanol–water partition coefficient (Wildman–Crippen LogP) is 1.50. The first kappa shape index (κ1) is 37.1. The van der Waals surface area contributed by atoms with Crippen LogP contribution in [0, 0.1) is 5.92 Å². The average Bonchev–Trinajstić information content (AvgIpc) is 3.44. The van der Waals surface area contributed by atoms with Gasteiger partial charge in [-0.05, 0) is 24.0 Å². The first-order chi connectivity index (χ1) is 21.7. The number of phosphoric ester groups is 1. The Balaban J connectivity index is 1.91. The minimum Gasteiger partial charge on any atom is -0.468 e. The van der Waals surface area contributed by atoms with Crippen molar-refractivity contribution < 1.29 is 46.8 Å². The standard InChI is InChI=1S/C29H42N5O10P/c1-4-13-42-45(40,44-18-25(33-19-35)28(38)30-11-8-14-41-20-36)43-15-12-31-29(39)27(21(3)5-2)34-26(37)16-22-17-32-24-10-7-6-9-23(22)24/h4,6-7,9-10,17,19-21,25,27,32H,1,5,8,11-16,18H2,2-3H3,(H,30,38)(H,31,39)(H,33,35)(H,34,37)/t21-,25?,27-,45?/m0/s1. The fourth-order valence-corrected chi connectivity index (χ4v) is 5.22. The number of carbonyl (C=O) groups excluding carboxylic acids is 5. The zero-order chi connectivity index (χ0) is 33.1. The molecule has 1 aromatic heterocycles. The number of ether oxygens (including phenoxy) is 1. The van der Waals surface area contributed by atoms with Crippen LogP contribution < -0.4 is 21.3 Å². The van der Waals surface area contributed by atoms with E-state index < -0.39 is 38.3 Å². The van der Waals surface area contributed by atoms with Crippen LogP contribution >= 0.6 is 7.82 Å². The van der Waals surface area contributed by atoms with E-state index in [1.807, 2.05) is 38.1 Å². The maximum Gasteiger partial charge on any atom is 0.475 e. The van der Waals surface area contributed by atoms with Crippen LogP contribution in [0.1, 0.15) is 32.3 Å². The van der Waals surface area contributed by atoms with Crippen molar-refractivity contribution in [1.82, 2.24) is 26.3 Å². The maximum absolute atomic E-state index is 13.2. The number of hydrogen-bond acceptors (Lipinski definition) is 10. The normalized spacial score (nSPS) is 14.3. The Morgan fingerprint density at radius 1 is 1.04 bits per heavy atom. The minimum atomic E-state index is -4.27. The number of aromatic amines is 1. The number of fused-ring (bicyclic) bond motifs is 1. The number of nitrogens with one attached hydrogen (secondary N) is 5. The Hall–Kier alpha value is -4.04. The topological polar surface area (TPSA) is 203 Å². The molecule has 45 heavy (non-hydrogen) atoms. The SMILES string of the molecule is C=CCOP(=O)(OCCNC(=O)[C@@H](NC(=O)Cc1c[nH]c2ccccc12)[C@@H](C)CC)OCC(NC=O)C(=O)NCCCOC=O. The summed E-state index contributed by atoms with van der Waals surface area (Å²) in [6.45, 7) is 6.59. The van der Waals surface area contributed by atoms with E-state index in [1.54, 1.807) is 6.20 Å². The first-order valence-corrected chi connectivity index (χ1v) is 15.9. The number of carbonyl (C=O) groups is 5. The van der Waals surface area contributed by atoms with Crippen molar-refractivity contribution in [2.45, 2.75) is 45.2 Å². The largest absolute Gasteiger partial charge is 0.475 e. The lowest BCUT2D eigenvalue weighted by molar-refractivity contribution is -0.130. The van der Waals surface area contributed by atoms with Crippen LogP contribution in [0.25, 0.3) is 10.9 Å². The van der Waals surface area contributed by atoms with Gasteiger partial charge in [0, 0.05) is 30.2 Å². The highest BCUT2D eigenvalue weighted by atomic mass is 31.2. The molecular weight excluding hydrogens is 609 g/mol. The molecule has 15 nitrogen and oxygen atoms in total. The summed E-state index contributed by atoms with van der Waals surface area (Å²) in [7, 11) is -4.27. The molecule has 0 aliphatic rings. The highest BCUT2D eigenvalue weighted by Crippen LogP contribution is 2.49. The van der Waals surface area contributed by atoms with E-state index in [4.69, 9.17) is 13.6 Å². The van der Waals surface area contributed by atoms with E-state index in [-0.39, 0.29) is 64.0 Å². The molecule has 0 fully saturated rings. The van der Waals surface area contributed by atoms with Gasteiger partial charge in [-0.15, -0.1) is 6.58 Å². The molecule has 4 atom stereocenters. The average molecular weight is 652 g/mol. The van der Waals surface area contributed by atoms with Crippen LogP contribution in [0.3, 0.4) is 0 Å². The van der Waals surface area contributed by atoms with Gasteiger partial charge in [0.1, 0.15) is 12.1 Å². The molecule has 0 aliphatic heterocycles. The summed E-state index contributed by atoms with van der Waals surface area (Å²) in [6, 6.07) is 5.55. The maximum atomic E-state index is 13.2. The molecule has 0 aliphatic carbocycles. The van der Waals surface area contributed by atoms with Crippen LogP contribution in [0.15, 0.2) is 43.1 Å². The van der Waals surface area contributed by atoms with Gasteiger partial charge in [0.05, 0.1) is 32.8 Å². The Labute approximate surface area is 261 Å². The van der Waals surface area contributed by atoms with Crippen molar-refractivity contribution in [3.8, 4) is 0 Å². The van der Waals surface area contributed by atoms with Gasteiger partial charge in [0.15, 0.2) is 0 Å². The molecule has 0 saturated heterocycles. The Morgan fingerprint density at radius 3 is 2.51 bits per heavy atom. The summed E-state index contributed by atoms with van der Waals surface area (Å²) in [6.07, 6.45) is 4.40. The Kier molecular flexibility index (Phi) is 16.6. The van der Waals surface area contributed by atoms with Gasteiger partial charge in [-0.3, -0.25) is 37.5 Å². The molecule has 1 aromatic carbocycles. The number of H-pyrrole nitrogens is 1. The zero-order valence-electron chi connectivity index (χ0n) is 25.5. The number of rotatable bonds is 24. The van der Waals surface area contributed by atoms with E-state index in [1.165, 1.54) is 6.08 Å². The van der Waals surface area contributed by atoms with Crippen LogP contribution in [-0.4, -0.2) is 87.2 Å². The van der Waals surface area contributed by atoms with Crippen molar-refractivity contribution in [1.29, 1.82) is 0 Å². The molecule has 2 rings (SSSR count). The number of hydrogen-bond donors (Lipinski definition) is 5. The summed E-state index contributed by atoms with van der Waals surface area (Å²) in [5.41, 5.74) is 1.72. The number of phosphoric acid groups is 1. The van der Waals surface area contributed by atoms with Crippen LogP contribution in [0.5, 0.6) is 0 Å². The lowest BCUT2D eigenvalue weighted by atomic mass is 9.98. The van der Waals surface area contributed by atoms with E-state index in [0.717, 1.165) is 16.5 Å². The number of benzene rings is 1. The Bertz CT molecular complexity index is 1320. The molecule has 0 radical (unpaired) electrons. The van der Waals surface area contributed by atoms with Crippen molar-refractivity contribution in [3.63, 3.8) is 0 Å². The summed E-state index contributed by atoms with van der Waals surface area (Å²) in [4.78, 5) is 62.7. The zero-order valence-corrected chi connectivity index (χ0v) is 26.3. The van der Waals surface area contributed by atoms with E-state index in [0.29, 0.717) is 12.8 Å². The second kappa shape index (κ2) is 20.1. The quantitative estimate of drug-likeness (QED) is 0.0479. The first-order valence-electron chi connectivity index (χ1n) is 14.5. The Morgan fingerprint density at radius 2 is 1.80 bits per heavy atom. The predicted molar refractivity (Wildman–Crippen MR) is 165 cm³/mol. The van der Waals surface area contributed by atoms with Gasteiger partial charge in [0.2, 0.25) is 24.1 Å². The number of aromatic nitrogens is 1. The molecule has 248 valence electrons. The van der Waals surface area contributed by atoms with Crippen molar-refractivity contribution in [2.75, 3.05) is 39.5 Å². The fourth-order valence-electron chi connectivity index (χ4n) is 4.06. The van der Waals surface area contributed by atoms with Crippen LogP contribution in [-0.2, 0) is 53.3 Å². The third-order valence-electron chi connectivity index (χ3n) is 6.63. The summed E-state index contributed by atoms with van der Waals surface area (Å²) < 4.78 is 33.5. The highest BCUT2D eigenvalue weighted by Gasteiger charge is 2.31. The molecule has 0 bridgehead atoms. The van der Waals surface area contributed by atoms with Crippen LogP contribution in [0.4, 0.5) is 0 Å². The van der Waals surface area contributed by atoms with Gasteiger partial charge in [-0.2, -0.15) is 0 Å². The lowest BCUT2D eigenvalue weighted by Crippen LogP contribution is -2.51. The third-order valence-corrected chi connectivity index (χ3v) is 8.06. The van der Waals surface area contributed by atoms with Crippen molar-refractivity contribution >= 4 is 49.3 Å². The molecule has 1 heterocycles. The summed E-state index contributed by atoms with van der Waals surface area (Å²) in [5, 5.41) is 11.2. The molecule has 5 N–H and O–H groups in total.